The summed E-state index contributed by atoms with van der Waals surface area (Å²) in [7, 11) is 0. The SMILES string of the molecule is CCOc1cc(Br)ccc1N=C=O. The molecule has 0 bridgehead atoms. The molecule has 1 rings (SSSR count). The molecule has 68 valence electrons. The van der Waals surface area contributed by atoms with Crippen LogP contribution >= 0.6 is 15.9 Å². The highest BCUT2D eigenvalue weighted by molar-refractivity contribution is 9.10. The van der Waals surface area contributed by atoms with Crippen molar-refractivity contribution in [1.82, 2.24) is 0 Å². The molecule has 1 aromatic carbocycles. The van der Waals surface area contributed by atoms with Crippen molar-refractivity contribution in [2.75, 3.05) is 6.61 Å². The van der Waals surface area contributed by atoms with Crippen molar-refractivity contribution >= 4 is 27.7 Å². The predicted octanol–water partition coefficient (Wildman–Crippen LogP) is 2.82. The van der Waals surface area contributed by atoms with Crippen molar-refractivity contribution in [2.24, 2.45) is 4.99 Å². The number of aliphatic imine (C=N–C) groups is 1. The van der Waals surface area contributed by atoms with Crippen LogP contribution in [0.4, 0.5) is 5.69 Å². The summed E-state index contributed by atoms with van der Waals surface area (Å²) in [5.74, 6) is 0.584. The molecule has 13 heavy (non-hydrogen) atoms. The summed E-state index contributed by atoms with van der Waals surface area (Å²) in [6, 6.07) is 5.25. The minimum atomic E-state index is 0.500. The molecule has 0 fully saturated rings. The Morgan fingerprint density at radius 1 is 1.62 bits per heavy atom. The van der Waals surface area contributed by atoms with Crippen molar-refractivity contribution < 1.29 is 9.53 Å². The van der Waals surface area contributed by atoms with E-state index in [1.54, 1.807) is 18.2 Å². The van der Waals surface area contributed by atoms with Crippen molar-refractivity contribution in [3.63, 3.8) is 0 Å². The van der Waals surface area contributed by atoms with Gasteiger partial charge in [-0.3, -0.25) is 0 Å². The molecule has 0 amide bonds. The third-order valence-corrected chi connectivity index (χ3v) is 1.88. The molecule has 1 aromatic rings. The minimum absolute atomic E-state index is 0.500. The number of nitrogens with zero attached hydrogens (tertiary/aromatic N) is 1. The van der Waals surface area contributed by atoms with Crippen LogP contribution in [0.5, 0.6) is 5.75 Å². The number of benzene rings is 1. The molecule has 4 heteroatoms. The van der Waals surface area contributed by atoms with Gasteiger partial charge in [-0.05, 0) is 25.1 Å². The molecule has 0 aliphatic carbocycles. The zero-order valence-electron chi connectivity index (χ0n) is 7.08. The second-order valence-electron chi connectivity index (χ2n) is 2.25. The van der Waals surface area contributed by atoms with Crippen LogP contribution in [-0.4, -0.2) is 12.7 Å². The number of isocyanates is 1. The van der Waals surface area contributed by atoms with Crippen molar-refractivity contribution in [3.05, 3.63) is 22.7 Å². The fourth-order valence-electron chi connectivity index (χ4n) is 0.901. The Balaban J connectivity index is 3.09. The normalized spacial score (nSPS) is 9.08. The number of ether oxygens (including phenoxy) is 1. The molecule has 3 nitrogen and oxygen atoms in total. The third-order valence-electron chi connectivity index (χ3n) is 1.39. The number of hydrogen-bond acceptors (Lipinski definition) is 3. The monoisotopic (exact) mass is 241 g/mol. The first-order chi connectivity index (χ1) is 6.27. The van der Waals surface area contributed by atoms with Crippen LogP contribution in [0.2, 0.25) is 0 Å². The highest BCUT2D eigenvalue weighted by Gasteiger charge is 2.02. The van der Waals surface area contributed by atoms with Gasteiger partial charge in [0.2, 0.25) is 6.08 Å². The lowest BCUT2D eigenvalue weighted by atomic mass is 10.3. The zero-order valence-corrected chi connectivity index (χ0v) is 8.67. The first-order valence-electron chi connectivity index (χ1n) is 3.78. The van der Waals surface area contributed by atoms with E-state index in [4.69, 9.17) is 4.74 Å². The van der Waals surface area contributed by atoms with Gasteiger partial charge < -0.3 is 4.74 Å². The van der Waals surface area contributed by atoms with Crippen LogP contribution in [0.25, 0.3) is 0 Å². The summed E-state index contributed by atoms with van der Waals surface area (Å²) >= 11 is 3.30. The summed E-state index contributed by atoms with van der Waals surface area (Å²) in [5.41, 5.74) is 0.500. The van der Waals surface area contributed by atoms with Gasteiger partial charge in [0.15, 0.2) is 0 Å². The highest BCUT2D eigenvalue weighted by Crippen LogP contribution is 2.30. The molecule has 0 radical (unpaired) electrons. The lowest BCUT2D eigenvalue weighted by molar-refractivity contribution is 0.341. The van der Waals surface area contributed by atoms with E-state index in [0.29, 0.717) is 18.0 Å². The Hall–Kier alpha value is -1.12. The lowest BCUT2D eigenvalue weighted by Gasteiger charge is -2.05. The zero-order chi connectivity index (χ0) is 9.68. The average molecular weight is 242 g/mol. The van der Waals surface area contributed by atoms with E-state index in [9.17, 15) is 4.79 Å². The molecular formula is C9H8BrNO2. The number of hydrogen-bond donors (Lipinski definition) is 0. The second-order valence-corrected chi connectivity index (χ2v) is 3.16. The third kappa shape index (κ3) is 2.68. The molecule has 0 saturated heterocycles. The second kappa shape index (κ2) is 4.80. The maximum Gasteiger partial charge on any atom is 0.240 e. The fourth-order valence-corrected chi connectivity index (χ4v) is 1.24. The summed E-state index contributed by atoms with van der Waals surface area (Å²) in [6.45, 7) is 2.41. The van der Waals surface area contributed by atoms with Gasteiger partial charge in [-0.2, -0.15) is 4.99 Å². The summed E-state index contributed by atoms with van der Waals surface area (Å²) in [5, 5.41) is 0. The molecule has 0 N–H and O–H groups in total. The molecule has 0 saturated carbocycles. The Kier molecular flexibility index (Phi) is 3.68. The lowest BCUT2D eigenvalue weighted by Crippen LogP contribution is -1.91. The van der Waals surface area contributed by atoms with Crippen LogP contribution in [0.1, 0.15) is 6.92 Å². The first kappa shape index (κ1) is 9.96. The van der Waals surface area contributed by atoms with E-state index in [2.05, 4.69) is 20.9 Å². The topological polar surface area (TPSA) is 38.7 Å². The van der Waals surface area contributed by atoms with E-state index in [0.717, 1.165) is 4.47 Å². The van der Waals surface area contributed by atoms with Gasteiger partial charge in [0.05, 0.1) is 6.61 Å². The molecule has 0 atom stereocenters. The van der Waals surface area contributed by atoms with Crippen LogP contribution in [0, 0.1) is 0 Å². The van der Waals surface area contributed by atoms with Gasteiger partial charge in [-0.15, -0.1) is 0 Å². The number of rotatable bonds is 3. The van der Waals surface area contributed by atoms with Crippen molar-refractivity contribution in [2.45, 2.75) is 6.92 Å². The average Bonchev–Trinajstić information content (AvgIpc) is 2.10. The van der Waals surface area contributed by atoms with Crippen molar-refractivity contribution in [1.29, 1.82) is 0 Å². The number of halogens is 1. The van der Waals surface area contributed by atoms with Crippen LogP contribution < -0.4 is 4.74 Å². The summed E-state index contributed by atoms with van der Waals surface area (Å²) in [4.78, 5) is 13.6. The standard InChI is InChI=1S/C9H8BrNO2/c1-2-13-9-5-7(10)3-4-8(9)11-6-12/h3-5H,2H2,1H3. The van der Waals surface area contributed by atoms with Crippen LogP contribution in [-0.2, 0) is 4.79 Å². The van der Waals surface area contributed by atoms with Crippen molar-refractivity contribution in [3.8, 4) is 5.75 Å². The van der Waals surface area contributed by atoms with Gasteiger partial charge in [0.25, 0.3) is 0 Å². The number of carbonyl (C=O) groups excluding carboxylic acids is 1. The van der Waals surface area contributed by atoms with Crippen LogP contribution in [0.3, 0.4) is 0 Å². The van der Waals surface area contributed by atoms with Gasteiger partial charge in [-0.25, -0.2) is 4.79 Å². The van der Waals surface area contributed by atoms with E-state index in [1.807, 2.05) is 6.92 Å². The molecule has 0 spiro atoms. The molecule has 0 unspecified atom stereocenters. The van der Waals surface area contributed by atoms with E-state index in [-0.39, 0.29) is 0 Å². The Morgan fingerprint density at radius 2 is 2.38 bits per heavy atom. The molecule has 0 aliphatic rings. The Bertz CT molecular complexity index is 345. The smallest absolute Gasteiger partial charge is 0.240 e. The largest absolute Gasteiger partial charge is 0.492 e. The highest BCUT2D eigenvalue weighted by atomic mass is 79.9. The van der Waals surface area contributed by atoms with E-state index < -0.39 is 0 Å². The van der Waals surface area contributed by atoms with Gasteiger partial charge in [0, 0.05) is 4.47 Å². The quantitative estimate of drug-likeness (QED) is 0.603. The fraction of sp³-hybridized carbons (Fsp3) is 0.222. The molecule has 0 heterocycles. The Labute approximate surface area is 84.6 Å². The van der Waals surface area contributed by atoms with E-state index >= 15 is 0 Å². The molecule has 0 aliphatic heterocycles. The minimum Gasteiger partial charge on any atom is -0.492 e. The maximum absolute atomic E-state index is 10.1. The summed E-state index contributed by atoms with van der Waals surface area (Å²) in [6.07, 6.45) is 1.48. The van der Waals surface area contributed by atoms with Gasteiger partial charge >= 0.3 is 0 Å². The van der Waals surface area contributed by atoms with Crippen LogP contribution in [0.15, 0.2) is 27.7 Å². The summed E-state index contributed by atoms with van der Waals surface area (Å²) < 4.78 is 6.16. The van der Waals surface area contributed by atoms with E-state index in [1.165, 1.54) is 6.08 Å². The molecular weight excluding hydrogens is 234 g/mol. The van der Waals surface area contributed by atoms with Gasteiger partial charge in [0.1, 0.15) is 11.4 Å². The first-order valence-corrected chi connectivity index (χ1v) is 4.57. The predicted molar refractivity (Wildman–Crippen MR) is 53.1 cm³/mol. The Morgan fingerprint density at radius 3 is 3.00 bits per heavy atom. The molecule has 0 aromatic heterocycles. The van der Waals surface area contributed by atoms with Gasteiger partial charge in [-0.1, -0.05) is 15.9 Å². The maximum atomic E-state index is 10.1.